The van der Waals surface area contributed by atoms with Crippen molar-refractivity contribution in [3.8, 4) is 0 Å². The minimum Gasteiger partial charge on any atom is -0.469 e. The van der Waals surface area contributed by atoms with Crippen LogP contribution in [0.5, 0.6) is 0 Å². The van der Waals surface area contributed by atoms with E-state index in [1.807, 2.05) is 13.0 Å². The quantitative estimate of drug-likeness (QED) is 0.853. The molecule has 0 spiro atoms. The van der Waals surface area contributed by atoms with Crippen LogP contribution in [0.2, 0.25) is 0 Å². The second kappa shape index (κ2) is 4.63. The molecule has 0 aromatic carbocycles. The van der Waals surface area contributed by atoms with Crippen LogP contribution >= 0.6 is 0 Å². The summed E-state index contributed by atoms with van der Waals surface area (Å²) in [5.41, 5.74) is 0.952. The molecule has 19 heavy (non-hydrogen) atoms. The summed E-state index contributed by atoms with van der Waals surface area (Å²) in [6.45, 7) is 2.28. The van der Waals surface area contributed by atoms with Crippen LogP contribution in [0.4, 0.5) is 0 Å². The number of furan rings is 1. The zero-order valence-electron chi connectivity index (χ0n) is 11.5. The van der Waals surface area contributed by atoms with Crippen molar-refractivity contribution in [3.63, 3.8) is 0 Å². The van der Waals surface area contributed by atoms with Crippen LogP contribution in [0, 0.1) is 18.8 Å². The van der Waals surface area contributed by atoms with Crippen LogP contribution < -0.4 is 0 Å². The third-order valence-corrected chi connectivity index (χ3v) is 7.21. The Morgan fingerprint density at radius 3 is 2.84 bits per heavy atom. The molecular formula is C14H21NO3S. The van der Waals surface area contributed by atoms with Crippen LogP contribution in [0.15, 0.2) is 16.7 Å². The minimum atomic E-state index is -3.16. The molecule has 0 amide bonds. The Hall–Kier alpha value is -0.810. The third kappa shape index (κ3) is 2.13. The largest absolute Gasteiger partial charge is 0.469 e. The first-order valence-electron chi connectivity index (χ1n) is 6.98. The van der Waals surface area contributed by atoms with Gasteiger partial charge in [0, 0.05) is 19.2 Å². The first-order chi connectivity index (χ1) is 9.00. The van der Waals surface area contributed by atoms with Crippen LogP contribution in [-0.2, 0) is 16.6 Å². The Bertz CT molecular complexity index is 563. The summed E-state index contributed by atoms with van der Waals surface area (Å²) in [6, 6.07) is 1.85. The molecule has 3 rings (SSSR count). The van der Waals surface area contributed by atoms with Gasteiger partial charge in [-0.3, -0.25) is 0 Å². The lowest BCUT2D eigenvalue weighted by atomic mass is 9.76. The highest BCUT2D eigenvalue weighted by molar-refractivity contribution is 7.89. The summed E-state index contributed by atoms with van der Waals surface area (Å²) in [7, 11) is -1.47. The van der Waals surface area contributed by atoms with Crippen molar-refractivity contribution in [2.75, 3.05) is 7.05 Å². The molecule has 3 atom stereocenters. The second-order valence-electron chi connectivity index (χ2n) is 5.93. The molecule has 2 fully saturated rings. The van der Waals surface area contributed by atoms with Gasteiger partial charge < -0.3 is 4.42 Å². The summed E-state index contributed by atoms with van der Waals surface area (Å²) in [4.78, 5) is 0. The molecule has 0 bridgehead atoms. The summed E-state index contributed by atoms with van der Waals surface area (Å²) in [5.74, 6) is 1.89. The number of aryl methyl sites for hydroxylation is 1. The standard InChI is InChI=1S/C14H21NO3S/c1-10-12(6-7-18-10)9-15(2)19(16,17)14-8-11-4-3-5-13(11)14/h6-7,11,13-14H,3-5,8-9H2,1-2H3. The summed E-state index contributed by atoms with van der Waals surface area (Å²) in [5, 5.41) is -0.141. The molecule has 1 heterocycles. The molecule has 0 radical (unpaired) electrons. The van der Waals surface area contributed by atoms with Crippen LogP contribution in [0.3, 0.4) is 0 Å². The SMILES string of the molecule is Cc1occc1CN(C)S(=O)(=O)C1CC2CCCC21. The smallest absolute Gasteiger partial charge is 0.217 e. The van der Waals surface area contributed by atoms with Crippen molar-refractivity contribution < 1.29 is 12.8 Å². The van der Waals surface area contributed by atoms with Gasteiger partial charge in [0.25, 0.3) is 0 Å². The van der Waals surface area contributed by atoms with Gasteiger partial charge in [0.2, 0.25) is 10.0 Å². The fourth-order valence-electron chi connectivity index (χ4n) is 3.60. The van der Waals surface area contributed by atoms with Gasteiger partial charge in [0.05, 0.1) is 11.5 Å². The summed E-state index contributed by atoms with van der Waals surface area (Å²) >= 11 is 0. The van der Waals surface area contributed by atoms with E-state index in [-0.39, 0.29) is 5.25 Å². The zero-order valence-corrected chi connectivity index (χ0v) is 12.3. The molecule has 0 N–H and O–H groups in total. The number of hydrogen-bond donors (Lipinski definition) is 0. The highest BCUT2D eigenvalue weighted by Crippen LogP contribution is 2.50. The van der Waals surface area contributed by atoms with E-state index >= 15 is 0 Å². The molecule has 106 valence electrons. The van der Waals surface area contributed by atoms with Gasteiger partial charge in [0.15, 0.2) is 0 Å². The number of rotatable bonds is 4. The summed E-state index contributed by atoms with van der Waals surface area (Å²) in [6.07, 6.45) is 5.99. The van der Waals surface area contributed by atoms with E-state index in [0.29, 0.717) is 18.4 Å². The van der Waals surface area contributed by atoms with Gasteiger partial charge in [-0.05, 0) is 37.7 Å². The van der Waals surface area contributed by atoms with Crippen molar-refractivity contribution in [2.45, 2.75) is 44.4 Å². The molecule has 3 unspecified atom stereocenters. The molecule has 0 aliphatic heterocycles. The van der Waals surface area contributed by atoms with E-state index in [0.717, 1.165) is 24.2 Å². The van der Waals surface area contributed by atoms with Crippen molar-refractivity contribution in [1.82, 2.24) is 4.31 Å². The van der Waals surface area contributed by atoms with Crippen molar-refractivity contribution >= 4 is 10.0 Å². The molecule has 5 heteroatoms. The van der Waals surface area contributed by atoms with Crippen LogP contribution in [0.25, 0.3) is 0 Å². The van der Waals surface area contributed by atoms with E-state index in [4.69, 9.17) is 4.42 Å². The summed E-state index contributed by atoms with van der Waals surface area (Å²) < 4.78 is 31.9. The molecule has 2 aliphatic carbocycles. The molecule has 2 saturated carbocycles. The second-order valence-corrected chi connectivity index (χ2v) is 8.19. The molecule has 2 aliphatic rings. The monoisotopic (exact) mass is 283 g/mol. The first-order valence-corrected chi connectivity index (χ1v) is 8.48. The maximum atomic E-state index is 12.6. The van der Waals surface area contributed by atoms with Gasteiger partial charge in [-0.1, -0.05) is 12.8 Å². The Labute approximate surface area is 114 Å². The van der Waals surface area contributed by atoms with E-state index in [1.165, 1.54) is 17.1 Å². The topological polar surface area (TPSA) is 50.5 Å². The maximum absolute atomic E-state index is 12.6. The van der Waals surface area contributed by atoms with Crippen molar-refractivity contribution in [1.29, 1.82) is 0 Å². The van der Waals surface area contributed by atoms with Crippen LogP contribution in [-0.4, -0.2) is 25.0 Å². The molecule has 4 nitrogen and oxygen atoms in total. The highest BCUT2D eigenvalue weighted by Gasteiger charge is 2.51. The van der Waals surface area contributed by atoms with Crippen molar-refractivity contribution in [2.24, 2.45) is 11.8 Å². The normalized spacial score (nSPS) is 30.4. The Balaban J connectivity index is 1.72. The van der Waals surface area contributed by atoms with Gasteiger partial charge in [-0.25, -0.2) is 12.7 Å². The fourth-order valence-corrected chi connectivity index (χ4v) is 5.68. The van der Waals surface area contributed by atoms with E-state index in [2.05, 4.69) is 0 Å². The lowest BCUT2D eigenvalue weighted by Crippen LogP contribution is -2.48. The van der Waals surface area contributed by atoms with E-state index in [1.54, 1.807) is 13.3 Å². The van der Waals surface area contributed by atoms with Gasteiger partial charge in [-0.15, -0.1) is 0 Å². The minimum absolute atomic E-state index is 0.141. The maximum Gasteiger partial charge on any atom is 0.217 e. The molecule has 1 aromatic heterocycles. The lowest BCUT2D eigenvalue weighted by molar-refractivity contribution is 0.215. The first kappa shape index (κ1) is 13.2. The zero-order chi connectivity index (χ0) is 13.6. The number of fused-ring (bicyclic) bond motifs is 1. The van der Waals surface area contributed by atoms with Crippen LogP contribution in [0.1, 0.15) is 37.0 Å². The highest BCUT2D eigenvalue weighted by atomic mass is 32.2. The molecular weight excluding hydrogens is 262 g/mol. The lowest BCUT2D eigenvalue weighted by Gasteiger charge is -2.41. The average Bonchev–Trinajstić information content (AvgIpc) is 2.87. The molecule has 0 saturated heterocycles. The fraction of sp³-hybridized carbons (Fsp3) is 0.714. The average molecular weight is 283 g/mol. The van der Waals surface area contributed by atoms with Gasteiger partial charge in [-0.2, -0.15) is 0 Å². The van der Waals surface area contributed by atoms with E-state index < -0.39 is 10.0 Å². The third-order valence-electron chi connectivity index (χ3n) is 4.91. The number of sulfonamides is 1. The Morgan fingerprint density at radius 1 is 1.42 bits per heavy atom. The van der Waals surface area contributed by atoms with Gasteiger partial charge >= 0.3 is 0 Å². The Morgan fingerprint density at radius 2 is 2.21 bits per heavy atom. The number of nitrogens with zero attached hydrogens (tertiary/aromatic N) is 1. The predicted molar refractivity (Wildman–Crippen MR) is 73.1 cm³/mol. The molecule has 1 aromatic rings. The Kier molecular flexibility index (Phi) is 3.21. The predicted octanol–water partition coefficient (Wildman–Crippen LogP) is 2.54. The van der Waals surface area contributed by atoms with Gasteiger partial charge in [0.1, 0.15) is 5.76 Å². The van der Waals surface area contributed by atoms with E-state index in [9.17, 15) is 8.42 Å². The van der Waals surface area contributed by atoms with Crippen molar-refractivity contribution in [3.05, 3.63) is 23.7 Å². The number of hydrogen-bond acceptors (Lipinski definition) is 3.